The number of benzene rings is 1. The van der Waals surface area contributed by atoms with Gasteiger partial charge in [-0.15, -0.1) is 0 Å². The van der Waals surface area contributed by atoms with Crippen LogP contribution in [0.15, 0.2) is 30.7 Å². The van der Waals surface area contributed by atoms with Crippen LogP contribution in [0.4, 0.5) is 0 Å². The normalized spacial score (nSPS) is 16.6. The number of imidazole rings is 1. The first-order chi connectivity index (χ1) is 9.13. The third-order valence-corrected chi connectivity index (χ3v) is 3.69. The number of hydrogen-bond donors (Lipinski definition) is 1. The molecule has 3 heteroatoms. The Kier molecular flexibility index (Phi) is 3.15. The van der Waals surface area contributed by atoms with Gasteiger partial charge in [0.05, 0.1) is 24.3 Å². The van der Waals surface area contributed by atoms with Crippen molar-refractivity contribution < 1.29 is 5.11 Å². The van der Waals surface area contributed by atoms with Crippen molar-refractivity contribution in [2.24, 2.45) is 0 Å². The quantitative estimate of drug-likeness (QED) is 0.912. The van der Waals surface area contributed by atoms with Crippen LogP contribution in [0.1, 0.15) is 47.4 Å². The molecule has 1 fully saturated rings. The van der Waals surface area contributed by atoms with E-state index in [0.29, 0.717) is 12.5 Å². The molecule has 19 heavy (non-hydrogen) atoms. The van der Waals surface area contributed by atoms with Crippen LogP contribution in [0.3, 0.4) is 0 Å². The van der Waals surface area contributed by atoms with Crippen LogP contribution in [0.2, 0.25) is 0 Å². The van der Waals surface area contributed by atoms with Crippen molar-refractivity contribution in [1.82, 2.24) is 9.55 Å². The molecule has 0 saturated heterocycles. The highest BCUT2D eigenvalue weighted by Gasteiger charge is 2.27. The summed E-state index contributed by atoms with van der Waals surface area (Å²) in [5.74, 6) is 0. The topological polar surface area (TPSA) is 38.1 Å². The summed E-state index contributed by atoms with van der Waals surface area (Å²) >= 11 is 0. The lowest BCUT2D eigenvalue weighted by atomic mass is 10.0. The Bertz CT molecular complexity index is 564. The van der Waals surface area contributed by atoms with E-state index in [2.05, 4.69) is 41.6 Å². The molecule has 0 aliphatic heterocycles. The van der Waals surface area contributed by atoms with Gasteiger partial charge in [0.1, 0.15) is 0 Å². The molecule has 3 nitrogen and oxygen atoms in total. The molecule has 1 heterocycles. The molecule has 0 radical (unpaired) electrons. The van der Waals surface area contributed by atoms with Crippen LogP contribution in [0.25, 0.3) is 0 Å². The number of aliphatic hydroxyl groups excluding tert-OH is 1. The van der Waals surface area contributed by atoms with E-state index in [0.717, 1.165) is 5.69 Å². The second kappa shape index (κ2) is 4.82. The Balaban J connectivity index is 1.80. The monoisotopic (exact) mass is 256 g/mol. The van der Waals surface area contributed by atoms with E-state index in [-0.39, 0.29) is 0 Å². The Labute approximate surface area is 113 Å². The molecule has 3 rings (SSSR count). The Morgan fingerprint density at radius 2 is 1.95 bits per heavy atom. The summed E-state index contributed by atoms with van der Waals surface area (Å²) in [5, 5.41) is 10.4. The maximum absolute atomic E-state index is 10.4. The molecule has 0 spiro atoms. The first-order valence-electron chi connectivity index (χ1n) is 6.90. The second-order valence-corrected chi connectivity index (χ2v) is 5.67. The fraction of sp³-hybridized carbons (Fsp3) is 0.438. The third kappa shape index (κ3) is 2.71. The minimum Gasteiger partial charge on any atom is -0.386 e. The fourth-order valence-corrected chi connectivity index (χ4v) is 2.75. The van der Waals surface area contributed by atoms with Crippen molar-refractivity contribution in [2.75, 3.05) is 0 Å². The predicted molar refractivity (Wildman–Crippen MR) is 75.1 cm³/mol. The molecule has 2 aromatic rings. The summed E-state index contributed by atoms with van der Waals surface area (Å²) in [4.78, 5) is 4.18. The van der Waals surface area contributed by atoms with Crippen molar-refractivity contribution in [3.05, 3.63) is 53.1 Å². The van der Waals surface area contributed by atoms with Gasteiger partial charge in [0.15, 0.2) is 0 Å². The van der Waals surface area contributed by atoms with Crippen LogP contribution < -0.4 is 0 Å². The Morgan fingerprint density at radius 1 is 1.26 bits per heavy atom. The highest BCUT2D eigenvalue weighted by atomic mass is 16.3. The highest BCUT2D eigenvalue weighted by molar-refractivity contribution is 5.29. The van der Waals surface area contributed by atoms with Gasteiger partial charge in [-0.05, 0) is 32.3 Å². The van der Waals surface area contributed by atoms with Gasteiger partial charge in [0.25, 0.3) is 0 Å². The average Bonchev–Trinajstić information content (AvgIpc) is 3.05. The van der Waals surface area contributed by atoms with E-state index in [1.54, 1.807) is 6.20 Å². The molecule has 1 aromatic heterocycles. The first-order valence-corrected chi connectivity index (χ1v) is 6.90. The number of hydrogen-bond acceptors (Lipinski definition) is 2. The van der Waals surface area contributed by atoms with Crippen molar-refractivity contribution >= 4 is 0 Å². The molecule has 100 valence electrons. The molecular weight excluding hydrogens is 236 g/mol. The molecular formula is C16H20N2O. The van der Waals surface area contributed by atoms with E-state index in [1.807, 2.05) is 6.33 Å². The van der Waals surface area contributed by atoms with Crippen LogP contribution in [0.5, 0.6) is 0 Å². The zero-order chi connectivity index (χ0) is 13.4. The number of aliphatic hydroxyl groups is 1. The summed E-state index contributed by atoms with van der Waals surface area (Å²) in [5.41, 5.74) is 4.63. The number of aryl methyl sites for hydroxylation is 2. The van der Waals surface area contributed by atoms with E-state index in [9.17, 15) is 5.11 Å². The zero-order valence-electron chi connectivity index (χ0n) is 11.5. The van der Waals surface area contributed by atoms with Crippen LogP contribution in [0, 0.1) is 13.8 Å². The van der Waals surface area contributed by atoms with Gasteiger partial charge < -0.3 is 9.67 Å². The lowest BCUT2D eigenvalue weighted by Crippen LogP contribution is -2.08. The Morgan fingerprint density at radius 3 is 2.58 bits per heavy atom. The SMILES string of the molecule is Cc1cc(C)cc(CC(O)c2cncn2C2CC2)c1. The van der Waals surface area contributed by atoms with E-state index < -0.39 is 6.10 Å². The van der Waals surface area contributed by atoms with Gasteiger partial charge in [-0.2, -0.15) is 0 Å². The summed E-state index contributed by atoms with van der Waals surface area (Å²) in [6.07, 6.45) is 6.24. The molecule has 1 aliphatic rings. The minimum absolute atomic E-state index is 0.468. The van der Waals surface area contributed by atoms with Crippen molar-refractivity contribution in [1.29, 1.82) is 0 Å². The van der Waals surface area contributed by atoms with Crippen LogP contribution >= 0.6 is 0 Å². The smallest absolute Gasteiger partial charge is 0.0996 e. The van der Waals surface area contributed by atoms with Gasteiger partial charge in [-0.3, -0.25) is 0 Å². The summed E-state index contributed by atoms with van der Waals surface area (Å²) < 4.78 is 2.13. The highest BCUT2D eigenvalue weighted by Crippen LogP contribution is 2.37. The number of rotatable bonds is 4. The van der Waals surface area contributed by atoms with Crippen LogP contribution in [-0.4, -0.2) is 14.7 Å². The molecule has 1 aromatic carbocycles. The number of aromatic nitrogens is 2. The molecule has 0 amide bonds. The molecule has 1 saturated carbocycles. The maximum Gasteiger partial charge on any atom is 0.0996 e. The van der Waals surface area contributed by atoms with Gasteiger partial charge in [-0.1, -0.05) is 29.3 Å². The minimum atomic E-state index is -0.468. The summed E-state index contributed by atoms with van der Waals surface area (Å²) in [6, 6.07) is 7.01. The van der Waals surface area contributed by atoms with Crippen molar-refractivity contribution in [3.8, 4) is 0 Å². The maximum atomic E-state index is 10.4. The lowest BCUT2D eigenvalue weighted by Gasteiger charge is -2.14. The molecule has 1 atom stereocenters. The standard InChI is InChI=1S/C16H20N2O/c1-11-5-12(2)7-13(6-11)8-16(19)15-9-17-10-18(15)14-3-4-14/h5-7,9-10,14,16,19H,3-4,8H2,1-2H3. The van der Waals surface area contributed by atoms with E-state index in [4.69, 9.17) is 0 Å². The molecule has 1 unspecified atom stereocenters. The van der Waals surface area contributed by atoms with Gasteiger partial charge in [0, 0.05) is 12.5 Å². The fourth-order valence-electron chi connectivity index (χ4n) is 2.75. The largest absolute Gasteiger partial charge is 0.386 e. The molecule has 0 bridgehead atoms. The van der Waals surface area contributed by atoms with E-state index in [1.165, 1.54) is 29.5 Å². The lowest BCUT2D eigenvalue weighted by molar-refractivity contribution is 0.168. The van der Waals surface area contributed by atoms with Crippen molar-refractivity contribution in [2.45, 2.75) is 45.3 Å². The van der Waals surface area contributed by atoms with E-state index >= 15 is 0 Å². The first kappa shape index (κ1) is 12.4. The average molecular weight is 256 g/mol. The molecule has 1 aliphatic carbocycles. The van der Waals surface area contributed by atoms with Crippen LogP contribution in [-0.2, 0) is 6.42 Å². The Hall–Kier alpha value is -1.61. The van der Waals surface area contributed by atoms with Crippen molar-refractivity contribution in [3.63, 3.8) is 0 Å². The number of nitrogens with zero attached hydrogens (tertiary/aromatic N) is 2. The van der Waals surface area contributed by atoms with Gasteiger partial charge in [-0.25, -0.2) is 4.98 Å². The summed E-state index contributed by atoms with van der Waals surface area (Å²) in [6.45, 7) is 4.19. The second-order valence-electron chi connectivity index (χ2n) is 5.67. The van der Waals surface area contributed by atoms with Gasteiger partial charge in [0.2, 0.25) is 0 Å². The zero-order valence-corrected chi connectivity index (χ0v) is 11.5. The predicted octanol–water partition coefficient (Wildman–Crippen LogP) is 3.11. The van der Waals surface area contributed by atoms with Gasteiger partial charge >= 0.3 is 0 Å². The third-order valence-electron chi connectivity index (χ3n) is 3.69. The summed E-state index contributed by atoms with van der Waals surface area (Å²) in [7, 11) is 0. The molecule has 1 N–H and O–H groups in total.